The number of nitriles is 1. The lowest BCUT2D eigenvalue weighted by Gasteiger charge is -2.35. The molecule has 51 heavy (non-hydrogen) atoms. The van der Waals surface area contributed by atoms with Crippen molar-refractivity contribution < 1.29 is 20.3 Å². The van der Waals surface area contributed by atoms with Gasteiger partial charge in [0.2, 0.25) is 0 Å². The maximum absolute atomic E-state index is 11.5. The van der Waals surface area contributed by atoms with Crippen LogP contribution in [0.1, 0.15) is 95.4 Å². The molecule has 8 heteroatoms. The summed E-state index contributed by atoms with van der Waals surface area (Å²) in [5, 5.41) is 42.9. The molecule has 2 aliphatic carbocycles. The highest BCUT2D eigenvalue weighted by Crippen LogP contribution is 2.52. The summed E-state index contributed by atoms with van der Waals surface area (Å²) in [5.74, 6) is -0.865. The van der Waals surface area contributed by atoms with Crippen molar-refractivity contribution in [3.05, 3.63) is 118 Å². The number of carboxylic acids is 1. The third-order valence-electron chi connectivity index (χ3n) is 10.1. The molecule has 0 radical (unpaired) electrons. The van der Waals surface area contributed by atoms with Gasteiger partial charge >= 0.3 is 5.97 Å². The van der Waals surface area contributed by atoms with Gasteiger partial charge < -0.3 is 15.2 Å². The summed E-state index contributed by atoms with van der Waals surface area (Å²) < 4.78 is 0. The standard InChI is InChI=1S/C43H48N4O4/c1-42(2,3)46(50)34-19-13-30(14-20-34)37(31-15-21-35(22-16-31)47(51)43(4,5)6)25-28-10-17-33(18-11-28)45-39-9-7-8-36(39)38-26-29(12-23-40(38)45)24-32(27-44)41(48)49/h10-21,23-26,35-36,39,50-51H,7-9,22H2,1-6H3,(H,48,49)/b32-24+,37-25?. The molecule has 0 aromatic heterocycles. The molecule has 3 aromatic rings. The zero-order chi connectivity index (χ0) is 36.7. The molecule has 6 rings (SSSR count). The molecule has 1 saturated carbocycles. The van der Waals surface area contributed by atoms with Crippen molar-refractivity contribution in [2.24, 2.45) is 0 Å². The third kappa shape index (κ3) is 7.43. The minimum Gasteiger partial charge on any atom is -0.477 e. The summed E-state index contributed by atoms with van der Waals surface area (Å²) in [6, 6.07) is 24.6. The van der Waals surface area contributed by atoms with Crippen molar-refractivity contribution in [3.8, 4) is 6.07 Å². The van der Waals surface area contributed by atoms with Gasteiger partial charge in [0.05, 0.1) is 17.3 Å². The molecule has 3 aromatic carbocycles. The predicted octanol–water partition coefficient (Wildman–Crippen LogP) is 9.75. The summed E-state index contributed by atoms with van der Waals surface area (Å²) in [4.78, 5) is 13.9. The normalized spacial score (nSPS) is 20.6. The molecule has 1 fully saturated rings. The highest BCUT2D eigenvalue weighted by atomic mass is 16.5. The molecule has 0 saturated heterocycles. The van der Waals surface area contributed by atoms with Crippen molar-refractivity contribution in [2.75, 3.05) is 9.96 Å². The number of carboxylic acid groups (broad SMARTS) is 1. The van der Waals surface area contributed by atoms with Gasteiger partial charge in [-0.2, -0.15) is 10.3 Å². The van der Waals surface area contributed by atoms with Crippen molar-refractivity contribution in [2.45, 2.75) is 96.3 Å². The molecule has 3 aliphatic rings. The van der Waals surface area contributed by atoms with Gasteiger partial charge in [0, 0.05) is 28.9 Å². The highest BCUT2D eigenvalue weighted by Gasteiger charge is 2.42. The summed E-state index contributed by atoms with van der Waals surface area (Å²) in [7, 11) is 0. The van der Waals surface area contributed by atoms with Gasteiger partial charge in [-0.1, -0.05) is 55.0 Å². The minimum atomic E-state index is -1.22. The number of hydrogen-bond donors (Lipinski definition) is 3. The molecule has 0 amide bonds. The fraction of sp³-hybridized carbons (Fsp3) is 0.349. The number of hydroxylamine groups is 3. The van der Waals surface area contributed by atoms with Gasteiger partial charge in [0.15, 0.2) is 0 Å². The van der Waals surface area contributed by atoms with Gasteiger partial charge in [-0.15, -0.1) is 0 Å². The van der Waals surface area contributed by atoms with Crippen molar-refractivity contribution >= 4 is 40.8 Å². The van der Waals surface area contributed by atoms with Crippen molar-refractivity contribution in [1.29, 1.82) is 5.26 Å². The molecule has 264 valence electrons. The SMILES string of the molecule is CC(C)(C)N(O)c1ccc(C(=Cc2ccc(N3c4ccc(/C=C(\C#N)C(=O)O)cc4C4CCCC43)cc2)C2=CCC(N(O)C(C)(C)C)C=C2)cc1. The topological polar surface area (TPSA) is 111 Å². The van der Waals surface area contributed by atoms with Crippen LogP contribution >= 0.6 is 0 Å². The van der Waals surface area contributed by atoms with Gasteiger partial charge in [-0.05, 0) is 143 Å². The molecule has 1 aliphatic heterocycles. The lowest BCUT2D eigenvalue weighted by atomic mass is 9.90. The average molecular weight is 685 g/mol. The number of allylic oxidation sites excluding steroid dienone is 3. The zero-order valence-electron chi connectivity index (χ0n) is 30.3. The number of hydrogen-bond acceptors (Lipinski definition) is 7. The lowest BCUT2D eigenvalue weighted by molar-refractivity contribution is -0.175. The molecule has 3 unspecified atom stereocenters. The molecular weight excluding hydrogens is 636 g/mol. The van der Waals surface area contributed by atoms with Crippen LogP contribution < -0.4 is 9.96 Å². The van der Waals surface area contributed by atoms with Crippen LogP contribution in [-0.4, -0.2) is 49.7 Å². The Balaban J connectivity index is 1.33. The first-order chi connectivity index (χ1) is 24.2. The Morgan fingerprint density at radius 1 is 0.902 bits per heavy atom. The lowest BCUT2D eigenvalue weighted by Crippen LogP contribution is -2.45. The molecular formula is C43H48N4O4. The largest absolute Gasteiger partial charge is 0.477 e. The van der Waals surface area contributed by atoms with E-state index in [1.54, 1.807) is 6.07 Å². The molecule has 1 heterocycles. The number of fused-ring (bicyclic) bond motifs is 3. The van der Waals surface area contributed by atoms with E-state index in [9.17, 15) is 25.6 Å². The number of aliphatic carboxylic acids is 1. The van der Waals surface area contributed by atoms with Crippen molar-refractivity contribution in [3.63, 3.8) is 0 Å². The van der Waals surface area contributed by atoms with E-state index in [0.29, 0.717) is 18.4 Å². The van der Waals surface area contributed by atoms with Crippen LogP contribution in [0.15, 0.2) is 96.1 Å². The maximum atomic E-state index is 11.5. The first kappa shape index (κ1) is 35.9. The second-order valence-electron chi connectivity index (χ2n) is 15.8. The zero-order valence-corrected chi connectivity index (χ0v) is 30.3. The first-order valence-corrected chi connectivity index (χ1v) is 17.7. The van der Waals surface area contributed by atoms with Crippen LogP contribution in [0, 0.1) is 11.3 Å². The van der Waals surface area contributed by atoms with Gasteiger partial charge in [0.1, 0.15) is 11.6 Å². The van der Waals surface area contributed by atoms with Crippen LogP contribution in [-0.2, 0) is 4.79 Å². The molecule has 3 N–H and O–H groups in total. The van der Waals surface area contributed by atoms with Gasteiger partial charge in [0.25, 0.3) is 0 Å². The number of anilines is 3. The summed E-state index contributed by atoms with van der Waals surface area (Å²) in [6.07, 6.45) is 13.9. The van der Waals surface area contributed by atoms with E-state index in [1.807, 2.05) is 71.9 Å². The van der Waals surface area contributed by atoms with Gasteiger partial charge in [-0.3, -0.25) is 10.3 Å². The van der Waals surface area contributed by atoms with E-state index in [4.69, 9.17) is 0 Å². The maximum Gasteiger partial charge on any atom is 0.346 e. The summed E-state index contributed by atoms with van der Waals surface area (Å²) in [5.41, 5.74) is 7.98. The number of rotatable bonds is 8. The van der Waals surface area contributed by atoms with Crippen LogP contribution in [0.4, 0.5) is 17.1 Å². The Hall–Kier alpha value is -4.94. The summed E-state index contributed by atoms with van der Waals surface area (Å²) in [6.45, 7) is 11.9. The smallest absolute Gasteiger partial charge is 0.346 e. The Bertz CT molecular complexity index is 1950. The molecule has 0 spiro atoms. The number of nitrogens with zero attached hydrogens (tertiary/aromatic N) is 4. The highest BCUT2D eigenvalue weighted by molar-refractivity contribution is 5.97. The second kappa shape index (κ2) is 14.0. The van der Waals surface area contributed by atoms with Crippen LogP contribution in [0.5, 0.6) is 0 Å². The van der Waals surface area contributed by atoms with E-state index in [-0.39, 0.29) is 17.2 Å². The average Bonchev–Trinajstić information content (AvgIpc) is 3.70. The Labute approximate surface area is 301 Å². The van der Waals surface area contributed by atoms with E-state index >= 15 is 0 Å². The third-order valence-corrected chi connectivity index (χ3v) is 10.1. The second-order valence-corrected chi connectivity index (χ2v) is 15.8. The van der Waals surface area contributed by atoms with Crippen molar-refractivity contribution in [1.82, 2.24) is 5.06 Å². The Morgan fingerprint density at radius 2 is 1.59 bits per heavy atom. The fourth-order valence-electron chi connectivity index (χ4n) is 7.50. The van der Waals surface area contributed by atoms with E-state index in [2.05, 4.69) is 65.6 Å². The van der Waals surface area contributed by atoms with Crippen LogP contribution in [0.3, 0.4) is 0 Å². The molecule has 3 atom stereocenters. The number of benzene rings is 3. The Morgan fingerprint density at radius 3 is 2.18 bits per heavy atom. The van der Waals surface area contributed by atoms with E-state index < -0.39 is 11.5 Å². The molecule has 0 bridgehead atoms. The fourth-order valence-corrected chi connectivity index (χ4v) is 7.50. The van der Waals surface area contributed by atoms with Crippen LogP contribution in [0.25, 0.3) is 17.7 Å². The Kier molecular flexibility index (Phi) is 9.84. The number of carbonyl (C=O) groups is 1. The van der Waals surface area contributed by atoms with Crippen LogP contribution in [0.2, 0.25) is 0 Å². The summed E-state index contributed by atoms with van der Waals surface area (Å²) >= 11 is 0. The van der Waals surface area contributed by atoms with Gasteiger partial charge in [-0.25, -0.2) is 4.79 Å². The first-order valence-electron chi connectivity index (χ1n) is 17.7. The molecule has 8 nitrogen and oxygen atoms in total. The predicted molar refractivity (Wildman–Crippen MR) is 204 cm³/mol. The van der Waals surface area contributed by atoms with E-state index in [1.165, 1.54) is 21.8 Å². The van der Waals surface area contributed by atoms with E-state index in [0.717, 1.165) is 64.2 Å². The quantitative estimate of drug-likeness (QED) is 0.0931. The minimum absolute atomic E-state index is 0.119. The monoisotopic (exact) mass is 684 g/mol.